The van der Waals surface area contributed by atoms with Crippen LogP contribution in [0.2, 0.25) is 5.02 Å². The van der Waals surface area contributed by atoms with Gasteiger partial charge in [-0.1, -0.05) is 23.7 Å². The van der Waals surface area contributed by atoms with Gasteiger partial charge in [0.25, 0.3) is 0 Å². The SMILES string of the molecule is CCc1cc([C@@H]2CCCN2C(=O)Cn2cc(Cl)cn2)on1. The Bertz CT molecular complexity index is 636. The van der Waals surface area contributed by atoms with Crippen LogP contribution in [0.4, 0.5) is 0 Å². The molecule has 1 amide bonds. The Morgan fingerprint density at radius 2 is 2.43 bits per heavy atom. The zero-order valence-corrected chi connectivity index (χ0v) is 12.6. The Balaban J connectivity index is 1.72. The number of carbonyl (C=O) groups excluding carboxylic acids is 1. The standard InChI is InChI=1S/C14H17ClN4O2/c1-2-11-6-13(21-17-11)12-4-3-5-19(12)14(20)9-18-8-10(15)7-16-18/h6-8,12H,2-5,9H2,1H3/t12-/m0/s1. The number of aromatic nitrogens is 3. The van der Waals surface area contributed by atoms with E-state index < -0.39 is 0 Å². The van der Waals surface area contributed by atoms with Crippen LogP contribution >= 0.6 is 11.6 Å². The van der Waals surface area contributed by atoms with Gasteiger partial charge < -0.3 is 9.42 Å². The summed E-state index contributed by atoms with van der Waals surface area (Å²) in [7, 11) is 0. The van der Waals surface area contributed by atoms with Crippen molar-refractivity contribution in [3.63, 3.8) is 0 Å². The average molecular weight is 309 g/mol. The Morgan fingerprint density at radius 1 is 1.57 bits per heavy atom. The van der Waals surface area contributed by atoms with Crippen molar-refractivity contribution in [2.45, 2.75) is 38.8 Å². The summed E-state index contributed by atoms with van der Waals surface area (Å²) in [4.78, 5) is 14.3. The first-order valence-electron chi connectivity index (χ1n) is 7.10. The minimum Gasteiger partial charge on any atom is -0.359 e. The topological polar surface area (TPSA) is 64.2 Å². The first-order valence-corrected chi connectivity index (χ1v) is 7.48. The number of carbonyl (C=O) groups is 1. The van der Waals surface area contributed by atoms with Crippen molar-refractivity contribution in [2.24, 2.45) is 0 Å². The second-order valence-corrected chi connectivity index (χ2v) is 5.61. The van der Waals surface area contributed by atoms with Crippen LogP contribution in [0, 0.1) is 0 Å². The van der Waals surface area contributed by atoms with E-state index in [9.17, 15) is 4.79 Å². The Morgan fingerprint density at radius 3 is 3.10 bits per heavy atom. The molecule has 0 saturated carbocycles. The van der Waals surface area contributed by atoms with Crippen molar-refractivity contribution in [3.05, 3.63) is 34.9 Å². The monoisotopic (exact) mass is 308 g/mol. The lowest BCUT2D eigenvalue weighted by molar-refractivity contribution is -0.133. The maximum absolute atomic E-state index is 12.4. The van der Waals surface area contributed by atoms with Gasteiger partial charge in [0.15, 0.2) is 5.76 Å². The van der Waals surface area contributed by atoms with Crippen LogP contribution < -0.4 is 0 Å². The summed E-state index contributed by atoms with van der Waals surface area (Å²) >= 11 is 5.82. The van der Waals surface area contributed by atoms with Gasteiger partial charge in [0.1, 0.15) is 6.54 Å². The smallest absolute Gasteiger partial charge is 0.244 e. The van der Waals surface area contributed by atoms with Gasteiger partial charge in [-0.2, -0.15) is 5.10 Å². The third-order valence-corrected chi connectivity index (χ3v) is 3.94. The Kier molecular flexibility index (Phi) is 3.96. The molecule has 0 radical (unpaired) electrons. The second-order valence-electron chi connectivity index (χ2n) is 5.18. The number of likely N-dealkylation sites (tertiary alicyclic amines) is 1. The molecule has 1 aliphatic heterocycles. The van der Waals surface area contributed by atoms with Crippen LogP contribution in [-0.2, 0) is 17.8 Å². The number of halogens is 1. The summed E-state index contributed by atoms with van der Waals surface area (Å²) in [5, 5.41) is 8.59. The van der Waals surface area contributed by atoms with E-state index in [0.717, 1.165) is 37.3 Å². The molecule has 1 atom stereocenters. The molecule has 0 N–H and O–H groups in total. The van der Waals surface area contributed by atoms with Crippen molar-refractivity contribution in [2.75, 3.05) is 6.54 Å². The van der Waals surface area contributed by atoms with E-state index in [2.05, 4.69) is 10.3 Å². The lowest BCUT2D eigenvalue weighted by atomic mass is 10.1. The third kappa shape index (κ3) is 2.95. The quantitative estimate of drug-likeness (QED) is 0.870. The van der Waals surface area contributed by atoms with Crippen molar-refractivity contribution >= 4 is 17.5 Å². The molecule has 2 aromatic rings. The number of aryl methyl sites for hydroxylation is 1. The first kappa shape index (κ1) is 14.1. The van der Waals surface area contributed by atoms with Gasteiger partial charge in [-0.05, 0) is 19.3 Å². The number of amides is 1. The van der Waals surface area contributed by atoms with Crippen LogP contribution in [0.1, 0.15) is 37.3 Å². The van der Waals surface area contributed by atoms with Gasteiger partial charge in [-0.3, -0.25) is 9.48 Å². The highest BCUT2D eigenvalue weighted by molar-refractivity contribution is 6.30. The molecule has 0 unspecified atom stereocenters. The van der Waals surface area contributed by atoms with E-state index in [1.165, 1.54) is 6.20 Å². The average Bonchev–Trinajstić information content (AvgIpc) is 3.17. The van der Waals surface area contributed by atoms with E-state index in [1.54, 1.807) is 10.9 Å². The Labute approximate surface area is 127 Å². The fourth-order valence-electron chi connectivity index (χ4n) is 2.67. The molecule has 21 heavy (non-hydrogen) atoms. The minimum atomic E-state index is -0.0173. The molecule has 2 aromatic heterocycles. The van der Waals surface area contributed by atoms with Crippen LogP contribution in [0.15, 0.2) is 23.0 Å². The van der Waals surface area contributed by atoms with Gasteiger partial charge in [0.05, 0.1) is 23.0 Å². The molecule has 7 heteroatoms. The summed E-state index contributed by atoms with van der Waals surface area (Å²) in [5.41, 5.74) is 0.920. The van der Waals surface area contributed by atoms with Gasteiger partial charge in [-0.15, -0.1) is 0 Å². The highest BCUT2D eigenvalue weighted by Crippen LogP contribution is 2.32. The normalized spacial score (nSPS) is 18.4. The second kappa shape index (κ2) is 5.89. The minimum absolute atomic E-state index is 0.0173. The molecule has 6 nitrogen and oxygen atoms in total. The van der Waals surface area contributed by atoms with Crippen LogP contribution in [0.25, 0.3) is 0 Å². The summed E-state index contributed by atoms with van der Waals surface area (Å²) in [6, 6.07) is 1.93. The predicted octanol–water partition coefficient (Wildman–Crippen LogP) is 2.45. The molecule has 0 aromatic carbocycles. The van der Waals surface area contributed by atoms with E-state index in [-0.39, 0.29) is 18.5 Å². The third-order valence-electron chi connectivity index (χ3n) is 3.74. The molecule has 0 bridgehead atoms. The van der Waals surface area contributed by atoms with E-state index in [0.29, 0.717) is 5.02 Å². The molecule has 3 heterocycles. The van der Waals surface area contributed by atoms with Gasteiger partial charge >= 0.3 is 0 Å². The summed E-state index contributed by atoms with van der Waals surface area (Å²) in [6.45, 7) is 2.96. The molecular weight excluding hydrogens is 292 g/mol. The highest BCUT2D eigenvalue weighted by atomic mass is 35.5. The molecule has 3 rings (SSSR count). The van der Waals surface area contributed by atoms with Gasteiger partial charge in [0, 0.05) is 18.8 Å². The summed E-state index contributed by atoms with van der Waals surface area (Å²) in [5.74, 6) is 0.794. The molecule has 0 spiro atoms. The van der Waals surface area contributed by atoms with E-state index in [4.69, 9.17) is 16.1 Å². The molecule has 112 valence electrons. The van der Waals surface area contributed by atoms with Gasteiger partial charge in [0.2, 0.25) is 5.91 Å². The number of hydrogen-bond donors (Lipinski definition) is 0. The lowest BCUT2D eigenvalue weighted by Crippen LogP contribution is -2.33. The molecule has 0 aliphatic carbocycles. The highest BCUT2D eigenvalue weighted by Gasteiger charge is 2.32. The number of nitrogens with zero attached hydrogens (tertiary/aromatic N) is 4. The van der Waals surface area contributed by atoms with E-state index >= 15 is 0 Å². The van der Waals surface area contributed by atoms with E-state index in [1.807, 2.05) is 17.9 Å². The lowest BCUT2D eigenvalue weighted by Gasteiger charge is -2.22. The van der Waals surface area contributed by atoms with Crippen molar-refractivity contribution in [1.82, 2.24) is 19.8 Å². The van der Waals surface area contributed by atoms with Crippen LogP contribution in [0.5, 0.6) is 0 Å². The van der Waals surface area contributed by atoms with Crippen molar-refractivity contribution in [3.8, 4) is 0 Å². The fraction of sp³-hybridized carbons (Fsp3) is 0.500. The van der Waals surface area contributed by atoms with Crippen LogP contribution in [0.3, 0.4) is 0 Å². The van der Waals surface area contributed by atoms with Crippen molar-refractivity contribution in [1.29, 1.82) is 0 Å². The van der Waals surface area contributed by atoms with Gasteiger partial charge in [-0.25, -0.2) is 0 Å². The predicted molar refractivity (Wildman–Crippen MR) is 76.8 cm³/mol. The fourth-order valence-corrected chi connectivity index (χ4v) is 2.82. The maximum atomic E-state index is 12.4. The van der Waals surface area contributed by atoms with Crippen molar-refractivity contribution < 1.29 is 9.32 Å². The summed E-state index contributed by atoms with van der Waals surface area (Å²) < 4.78 is 6.94. The summed E-state index contributed by atoms with van der Waals surface area (Å²) in [6.07, 6.45) is 5.88. The first-order chi connectivity index (χ1) is 10.2. The molecule has 1 aliphatic rings. The molecular formula is C14H17ClN4O2. The molecule has 1 fully saturated rings. The molecule has 1 saturated heterocycles. The largest absolute Gasteiger partial charge is 0.359 e. The zero-order valence-electron chi connectivity index (χ0n) is 11.8. The number of rotatable bonds is 4. The Hall–Kier alpha value is -1.82. The maximum Gasteiger partial charge on any atom is 0.244 e. The zero-order chi connectivity index (χ0) is 14.8. The number of hydrogen-bond acceptors (Lipinski definition) is 4. The van der Waals surface area contributed by atoms with Crippen LogP contribution in [-0.4, -0.2) is 32.3 Å².